The van der Waals surface area contributed by atoms with Crippen LogP contribution in [0.5, 0.6) is 17.2 Å². The molecule has 2 aromatic rings. The molecule has 0 saturated heterocycles. The first-order valence-electron chi connectivity index (χ1n) is 5.69. The Morgan fingerprint density at radius 1 is 0.952 bits per heavy atom. The summed E-state index contributed by atoms with van der Waals surface area (Å²) in [5.74, 6) is 0.571. The second-order valence-electron chi connectivity index (χ2n) is 4.04. The number of halogens is 5. The number of ether oxygens (including phenoxy) is 2. The van der Waals surface area contributed by atoms with Gasteiger partial charge in [0, 0.05) is 4.47 Å². The van der Waals surface area contributed by atoms with Crippen LogP contribution in [0, 0.1) is 0 Å². The minimum absolute atomic E-state index is 0.267. The van der Waals surface area contributed by atoms with E-state index in [4.69, 9.17) is 9.47 Å². The van der Waals surface area contributed by atoms with E-state index in [1.54, 1.807) is 12.1 Å². The molecule has 21 heavy (non-hydrogen) atoms. The minimum Gasteiger partial charge on any atom is -0.497 e. The summed E-state index contributed by atoms with van der Waals surface area (Å²) in [5.41, 5.74) is -0.848. The lowest BCUT2D eigenvalue weighted by Gasteiger charge is -2.15. The SMILES string of the molecule is COc1ccc(Oc2ccc(Br)cc2C(F)(F)F)c(Br)c1. The van der Waals surface area contributed by atoms with Crippen LogP contribution in [-0.4, -0.2) is 7.11 Å². The fourth-order valence-corrected chi connectivity index (χ4v) is 2.42. The Kier molecular flexibility index (Phi) is 4.83. The summed E-state index contributed by atoms with van der Waals surface area (Å²) in [6.45, 7) is 0. The molecule has 2 aromatic carbocycles. The fourth-order valence-electron chi connectivity index (χ4n) is 1.62. The molecule has 0 spiro atoms. The lowest BCUT2D eigenvalue weighted by Crippen LogP contribution is -2.07. The van der Waals surface area contributed by atoms with Gasteiger partial charge in [0.15, 0.2) is 0 Å². The molecule has 7 heteroatoms. The Morgan fingerprint density at radius 3 is 2.19 bits per heavy atom. The molecule has 0 amide bonds. The second kappa shape index (κ2) is 6.27. The van der Waals surface area contributed by atoms with Crippen LogP contribution in [0.2, 0.25) is 0 Å². The Balaban J connectivity index is 2.40. The average Bonchev–Trinajstić information content (AvgIpc) is 2.41. The lowest BCUT2D eigenvalue weighted by atomic mass is 10.2. The minimum atomic E-state index is -4.50. The predicted molar refractivity (Wildman–Crippen MR) is 79.9 cm³/mol. The number of benzene rings is 2. The van der Waals surface area contributed by atoms with Gasteiger partial charge in [0.1, 0.15) is 17.2 Å². The number of rotatable bonds is 3. The molecule has 0 saturated carbocycles. The van der Waals surface area contributed by atoms with Gasteiger partial charge in [0.2, 0.25) is 0 Å². The summed E-state index contributed by atoms with van der Waals surface area (Å²) in [4.78, 5) is 0. The first-order valence-corrected chi connectivity index (χ1v) is 7.28. The fraction of sp³-hybridized carbons (Fsp3) is 0.143. The van der Waals surface area contributed by atoms with E-state index in [0.29, 0.717) is 14.7 Å². The van der Waals surface area contributed by atoms with Crippen molar-refractivity contribution in [2.45, 2.75) is 6.18 Å². The smallest absolute Gasteiger partial charge is 0.420 e. The third-order valence-electron chi connectivity index (χ3n) is 2.61. The summed E-state index contributed by atoms with van der Waals surface area (Å²) in [6, 6.07) is 8.48. The molecule has 0 atom stereocenters. The van der Waals surface area contributed by atoms with E-state index in [9.17, 15) is 13.2 Å². The molecule has 0 N–H and O–H groups in total. The molecular weight excluding hydrogens is 417 g/mol. The molecule has 0 radical (unpaired) electrons. The van der Waals surface area contributed by atoms with E-state index in [1.165, 1.54) is 25.3 Å². The topological polar surface area (TPSA) is 18.5 Å². The largest absolute Gasteiger partial charge is 0.497 e. The van der Waals surface area contributed by atoms with E-state index in [2.05, 4.69) is 31.9 Å². The van der Waals surface area contributed by atoms with Crippen molar-refractivity contribution in [3.05, 3.63) is 50.9 Å². The maximum Gasteiger partial charge on any atom is 0.420 e. The summed E-state index contributed by atoms with van der Waals surface area (Å²) in [7, 11) is 1.50. The highest BCUT2D eigenvalue weighted by Crippen LogP contribution is 2.41. The number of alkyl halides is 3. The van der Waals surface area contributed by atoms with Gasteiger partial charge in [0.25, 0.3) is 0 Å². The van der Waals surface area contributed by atoms with Gasteiger partial charge in [-0.05, 0) is 52.3 Å². The van der Waals surface area contributed by atoms with E-state index in [-0.39, 0.29) is 11.5 Å². The van der Waals surface area contributed by atoms with Crippen molar-refractivity contribution in [2.75, 3.05) is 7.11 Å². The van der Waals surface area contributed by atoms with E-state index >= 15 is 0 Å². The van der Waals surface area contributed by atoms with Gasteiger partial charge in [-0.2, -0.15) is 13.2 Å². The summed E-state index contributed by atoms with van der Waals surface area (Å²) >= 11 is 6.27. The van der Waals surface area contributed by atoms with Gasteiger partial charge >= 0.3 is 6.18 Å². The third kappa shape index (κ3) is 3.91. The molecule has 0 bridgehead atoms. The summed E-state index contributed by atoms with van der Waals surface area (Å²) in [5, 5.41) is 0. The number of hydrogen-bond donors (Lipinski definition) is 0. The van der Waals surface area contributed by atoms with E-state index in [0.717, 1.165) is 6.07 Å². The maximum absolute atomic E-state index is 13.0. The van der Waals surface area contributed by atoms with Gasteiger partial charge in [-0.15, -0.1) is 0 Å². The molecule has 0 aliphatic rings. The lowest BCUT2D eigenvalue weighted by molar-refractivity contribution is -0.138. The Bertz CT molecular complexity index is 657. The van der Waals surface area contributed by atoms with Crippen molar-refractivity contribution >= 4 is 31.9 Å². The van der Waals surface area contributed by atoms with E-state index in [1.807, 2.05) is 0 Å². The molecular formula is C14H9Br2F3O2. The van der Waals surface area contributed by atoms with Gasteiger partial charge < -0.3 is 9.47 Å². The zero-order valence-corrected chi connectivity index (χ0v) is 13.8. The summed E-state index contributed by atoms with van der Waals surface area (Å²) in [6.07, 6.45) is -4.50. The molecule has 0 fully saturated rings. The highest BCUT2D eigenvalue weighted by atomic mass is 79.9. The van der Waals surface area contributed by atoms with Gasteiger partial charge in [-0.1, -0.05) is 15.9 Å². The maximum atomic E-state index is 13.0. The first kappa shape index (κ1) is 16.2. The van der Waals surface area contributed by atoms with Crippen LogP contribution >= 0.6 is 31.9 Å². The van der Waals surface area contributed by atoms with Crippen LogP contribution < -0.4 is 9.47 Å². The van der Waals surface area contributed by atoms with Crippen LogP contribution in [0.15, 0.2) is 45.3 Å². The van der Waals surface area contributed by atoms with Crippen LogP contribution in [0.25, 0.3) is 0 Å². The van der Waals surface area contributed by atoms with Crippen molar-refractivity contribution in [2.24, 2.45) is 0 Å². The monoisotopic (exact) mass is 424 g/mol. The molecule has 0 aromatic heterocycles. The Morgan fingerprint density at radius 2 is 1.62 bits per heavy atom. The molecule has 0 aliphatic carbocycles. The molecule has 0 unspecified atom stereocenters. The zero-order chi connectivity index (χ0) is 15.6. The van der Waals surface area contributed by atoms with Gasteiger partial charge in [-0.3, -0.25) is 0 Å². The third-order valence-corrected chi connectivity index (χ3v) is 3.72. The Hall–Kier alpha value is -1.21. The normalized spacial score (nSPS) is 11.3. The highest BCUT2D eigenvalue weighted by Gasteiger charge is 2.35. The predicted octanol–water partition coefficient (Wildman–Crippen LogP) is 6.03. The summed E-state index contributed by atoms with van der Waals surface area (Å²) < 4.78 is 50.3. The average molecular weight is 426 g/mol. The molecule has 112 valence electrons. The van der Waals surface area contributed by atoms with Crippen molar-refractivity contribution in [3.8, 4) is 17.2 Å². The quantitative estimate of drug-likeness (QED) is 0.597. The standard InChI is InChI=1S/C14H9Br2F3O2/c1-20-9-3-5-13(11(16)7-9)21-12-4-2-8(15)6-10(12)14(17,18)19/h2-7H,1H3. The molecule has 0 heterocycles. The highest BCUT2D eigenvalue weighted by molar-refractivity contribution is 9.10. The molecule has 0 aliphatic heterocycles. The van der Waals surface area contributed by atoms with Crippen molar-refractivity contribution in [1.82, 2.24) is 0 Å². The second-order valence-corrected chi connectivity index (χ2v) is 5.81. The zero-order valence-electron chi connectivity index (χ0n) is 10.7. The first-order chi connectivity index (χ1) is 9.81. The molecule has 2 nitrogen and oxygen atoms in total. The van der Waals surface area contributed by atoms with Crippen LogP contribution in [0.4, 0.5) is 13.2 Å². The van der Waals surface area contributed by atoms with Crippen molar-refractivity contribution in [3.63, 3.8) is 0 Å². The van der Waals surface area contributed by atoms with Crippen LogP contribution in [-0.2, 0) is 6.18 Å². The van der Waals surface area contributed by atoms with Crippen LogP contribution in [0.3, 0.4) is 0 Å². The van der Waals surface area contributed by atoms with Crippen molar-refractivity contribution < 1.29 is 22.6 Å². The number of methoxy groups -OCH3 is 1. The number of hydrogen-bond acceptors (Lipinski definition) is 2. The molecule has 2 rings (SSSR count). The van der Waals surface area contributed by atoms with Gasteiger partial charge in [-0.25, -0.2) is 0 Å². The van der Waals surface area contributed by atoms with Crippen molar-refractivity contribution in [1.29, 1.82) is 0 Å². The van der Waals surface area contributed by atoms with Gasteiger partial charge in [0.05, 0.1) is 17.1 Å². The van der Waals surface area contributed by atoms with E-state index < -0.39 is 11.7 Å². The Labute approximate surface area is 136 Å². The van der Waals surface area contributed by atoms with Crippen LogP contribution in [0.1, 0.15) is 5.56 Å².